The van der Waals surface area contributed by atoms with Crippen LogP contribution in [0.15, 0.2) is 24.3 Å². The van der Waals surface area contributed by atoms with Crippen LogP contribution < -0.4 is 10.6 Å². The van der Waals surface area contributed by atoms with Crippen molar-refractivity contribution in [3.8, 4) is 5.75 Å². The SMILES string of the molecule is NC(=O)C[C@@H](C(=O)O)N(CCO)c1ccccc1O. The monoisotopic (exact) mass is 268 g/mol. The lowest BCUT2D eigenvalue weighted by Gasteiger charge is -2.30. The zero-order valence-electron chi connectivity index (χ0n) is 10.2. The molecule has 7 nitrogen and oxygen atoms in total. The molecule has 0 bridgehead atoms. The standard InChI is InChI=1S/C12H16N2O5/c13-11(17)7-9(12(18)19)14(5-6-15)8-3-1-2-4-10(8)16/h1-4,9,15-16H,5-7H2,(H2,13,17)(H,18,19)/t9-/m0/s1. The molecule has 1 aromatic rings. The van der Waals surface area contributed by atoms with Gasteiger partial charge in [-0.1, -0.05) is 12.1 Å². The van der Waals surface area contributed by atoms with Gasteiger partial charge in [0.1, 0.15) is 11.8 Å². The van der Waals surface area contributed by atoms with Gasteiger partial charge in [-0.3, -0.25) is 4.79 Å². The number of benzene rings is 1. The summed E-state index contributed by atoms with van der Waals surface area (Å²) in [6, 6.07) is 4.85. The van der Waals surface area contributed by atoms with Crippen LogP contribution >= 0.6 is 0 Å². The number of amides is 1. The largest absolute Gasteiger partial charge is 0.506 e. The first-order valence-corrected chi connectivity index (χ1v) is 5.64. The Hall–Kier alpha value is -2.28. The number of phenolic OH excluding ortho intramolecular Hbond substituents is 1. The number of phenols is 1. The van der Waals surface area contributed by atoms with Crippen LogP contribution in [-0.2, 0) is 9.59 Å². The minimum Gasteiger partial charge on any atom is -0.506 e. The summed E-state index contributed by atoms with van der Waals surface area (Å²) in [6.07, 6.45) is -0.413. The molecule has 0 saturated carbocycles. The Morgan fingerprint density at radius 2 is 1.95 bits per heavy atom. The molecular formula is C12H16N2O5. The maximum absolute atomic E-state index is 11.2. The lowest BCUT2D eigenvalue weighted by atomic mass is 10.1. The van der Waals surface area contributed by atoms with Crippen LogP contribution in [-0.4, -0.2) is 46.4 Å². The second-order valence-corrected chi connectivity index (χ2v) is 3.93. The summed E-state index contributed by atoms with van der Waals surface area (Å²) in [5.74, 6) is -2.16. The summed E-state index contributed by atoms with van der Waals surface area (Å²) in [5.41, 5.74) is 5.25. The number of hydrogen-bond donors (Lipinski definition) is 4. The maximum Gasteiger partial charge on any atom is 0.326 e. The molecule has 0 spiro atoms. The van der Waals surface area contributed by atoms with Gasteiger partial charge in [-0.25, -0.2) is 4.79 Å². The first kappa shape index (κ1) is 14.8. The molecule has 0 radical (unpaired) electrons. The van der Waals surface area contributed by atoms with Crippen LogP contribution in [0.25, 0.3) is 0 Å². The zero-order valence-corrected chi connectivity index (χ0v) is 10.2. The number of rotatable bonds is 7. The van der Waals surface area contributed by atoms with E-state index in [1.54, 1.807) is 12.1 Å². The Kier molecular flexibility index (Phi) is 5.13. The van der Waals surface area contributed by atoms with Crippen LogP contribution in [0.1, 0.15) is 6.42 Å². The van der Waals surface area contributed by atoms with Gasteiger partial charge in [0.05, 0.1) is 18.7 Å². The molecule has 5 N–H and O–H groups in total. The number of carboxylic acid groups (broad SMARTS) is 1. The summed E-state index contributed by atoms with van der Waals surface area (Å²) in [4.78, 5) is 23.4. The van der Waals surface area contributed by atoms with Crippen LogP contribution in [0.3, 0.4) is 0 Å². The van der Waals surface area contributed by atoms with Crippen molar-refractivity contribution in [3.63, 3.8) is 0 Å². The van der Waals surface area contributed by atoms with E-state index in [9.17, 15) is 14.7 Å². The number of nitrogens with zero attached hydrogens (tertiary/aromatic N) is 1. The molecule has 7 heteroatoms. The van der Waals surface area contributed by atoms with E-state index in [0.29, 0.717) is 0 Å². The average molecular weight is 268 g/mol. The molecule has 0 unspecified atom stereocenters. The van der Waals surface area contributed by atoms with Crippen molar-refractivity contribution in [1.82, 2.24) is 0 Å². The number of carbonyl (C=O) groups excluding carboxylic acids is 1. The molecule has 104 valence electrons. The van der Waals surface area contributed by atoms with Gasteiger partial charge >= 0.3 is 5.97 Å². The quantitative estimate of drug-likeness (QED) is 0.529. The summed E-state index contributed by atoms with van der Waals surface area (Å²) >= 11 is 0. The predicted octanol–water partition coefficient (Wildman–Crippen LogP) is -0.480. The van der Waals surface area contributed by atoms with Crippen molar-refractivity contribution in [3.05, 3.63) is 24.3 Å². The summed E-state index contributed by atoms with van der Waals surface area (Å²) in [7, 11) is 0. The number of para-hydroxylation sites is 2. The van der Waals surface area contributed by atoms with Crippen molar-refractivity contribution >= 4 is 17.6 Å². The molecule has 1 atom stereocenters. The van der Waals surface area contributed by atoms with Gasteiger partial charge in [0.25, 0.3) is 0 Å². The van der Waals surface area contributed by atoms with Crippen molar-refractivity contribution < 1.29 is 24.9 Å². The molecule has 0 saturated heterocycles. The number of hydrogen-bond acceptors (Lipinski definition) is 5. The number of primary amides is 1. The Bertz CT molecular complexity index is 463. The van der Waals surface area contributed by atoms with Crippen LogP contribution in [0.5, 0.6) is 5.75 Å². The van der Waals surface area contributed by atoms with E-state index in [1.807, 2.05) is 0 Å². The van der Waals surface area contributed by atoms with Crippen molar-refractivity contribution in [1.29, 1.82) is 0 Å². The molecule has 19 heavy (non-hydrogen) atoms. The van der Waals surface area contributed by atoms with Gasteiger partial charge < -0.3 is 26.0 Å². The molecule has 1 rings (SSSR count). The van der Waals surface area contributed by atoms with Crippen molar-refractivity contribution in [2.75, 3.05) is 18.1 Å². The van der Waals surface area contributed by atoms with E-state index < -0.39 is 24.3 Å². The van der Waals surface area contributed by atoms with Crippen LogP contribution in [0.4, 0.5) is 5.69 Å². The van der Waals surface area contributed by atoms with Gasteiger partial charge in [-0.15, -0.1) is 0 Å². The number of aromatic hydroxyl groups is 1. The van der Waals surface area contributed by atoms with Crippen LogP contribution in [0, 0.1) is 0 Å². The molecule has 0 aromatic heterocycles. The topological polar surface area (TPSA) is 124 Å². The smallest absolute Gasteiger partial charge is 0.326 e. The fourth-order valence-corrected chi connectivity index (χ4v) is 1.78. The third-order valence-corrected chi connectivity index (χ3v) is 2.59. The molecule has 1 amide bonds. The molecule has 1 aromatic carbocycles. The third-order valence-electron chi connectivity index (χ3n) is 2.59. The molecule has 0 fully saturated rings. The maximum atomic E-state index is 11.2. The zero-order chi connectivity index (χ0) is 14.4. The number of aliphatic carboxylic acids is 1. The van der Waals surface area contributed by atoms with Gasteiger partial charge in [-0.05, 0) is 12.1 Å². The molecular weight excluding hydrogens is 252 g/mol. The fraction of sp³-hybridized carbons (Fsp3) is 0.333. The average Bonchev–Trinajstić information content (AvgIpc) is 2.34. The first-order valence-electron chi connectivity index (χ1n) is 5.64. The minimum absolute atomic E-state index is 0.0399. The fourth-order valence-electron chi connectivity index (χ4n) is 1.78. The number of anilines is 1. The number of aliphatic hydroxyl groups is 1. The lowest BCUT2D eigenvalue weighted by molar-refractivity contribution is -0.140. The van der Waals surface area contributed by atoms with Gasteiger partial charge in [-0.2, -0.15) is 0 Å². The van der Waals surface area contributed by atoms with Gasteiger partial charge in [0.2, 0.25) is 5.91 Å². The number of carboxylic acids is 1. The van der Waals surface area contributed by atoms with E-state index >= 15 is 0 Å². The number of carbonyl (C=O) groups is 2. The van der Waals surface area contributed by atoms with E-state index in [-0.39, 0.29) is 24.6 Å². The highest BCUT2D eigenvalue weighted by molar-refractivity contribution is 5.86. The van der Waals surface area contributed by atoms with E-state index in [4.69, 9.17) is 15.9 Å². The Balaban J connectivity index is 3.13. The lowest BCUT2D eigenvalue weighted by Crippen LogP contribution is -2.45. The molecule has 0 aliphatic rings. The highest BCUT2D eigenvalue weighted by atomic mass is 16.4. The highest BCUT2D eigenvalue weighted by Crippen LogP contribution is 2.28. The minimum atomic E-state index is -1.25. The second-order valence-electron chi connectivity index (χ2n) is 3.93. The van der Waals surface area contributed by atoms with E-state index in [1.165, 1.54) is 17.0 Å². The summed E-state index contributed by atoms with van der Waals surface area (Å²) in [5, 5.41) is 27.9. The van der Waals surface area contributed by atoms with Crippen LogP contribution in [0.2, 0.25) is 0 Å². The Morgan fingerprint density at radius 3 is 2.42 bits per heavy atom. The Labute approximate surface area is 109 Å². The van der Waals surface area contributed by atoms with Gasteiger partial charge in [0, 0.05) is 6.54 Å². The number of nitrogens with two attached hydrogens (primary N) is 1. The first-order chi connectivity index (χ1) is 8.97. The summed E-state index contributed by atoms with van der Waals surface area (Å²) < 4.78 is 0. The molecule has 0 aliphatic heterocycles. The van der Waals surface area contributed by atoms with Gasteiger partial charge in [0.15, 0.2) is 0 Å². The second kappa shape index (κ2) is 6.60. The molecule has 0 heterocycles. The predicted molar refractivity (Wildman–Crippen MR) is 67.8 cm³/mol. The summed E-state index contributed by atoms with van der Waals surface area (Å²) in [6.45, 7) is -0.362. The number of aliphatic hydroxyl groups excluding tert-OH is 1. The molecule has 0 aliphatic carbocycles. The van der Waals surface area contributed by atoms with E-state index in [2.05, 4.69) is 0 Å². The normalized spacial score (nSPS) is 11.8. The highest BCUT2D eigenvalue weighted by Gasteiger charge is 2.28. The van der Waals surface area contributed by atoms with Crippen molar-refractivity contribution in [2.45, 2.75) is 12.5 Å². The van der Waals surface area contributed by atoms with E-state index in [0.717, 1.165) is 0 Å². The van der Waals surface area contributed by atoms with Crippen molar-refractivity contribution in [2.24, 2.45) is 5.73 Å². The Morgan fingerprint density at radius 1 is 1.32 bits per heavy atom. The third kappa shape index (κ3) is 3.85.